The van der Waals surface area contributed by atoms with Gasteiger partial charge in [-0.2, -0.15) is 13.2 Å². The molecule has 0 spiro atoms. The molecule has 1 heterocycles. The average Bonchev–Trinajstić information content (AvgIpc) is 2.36. The topological polar surface area (TPSA) is 42.9 Å². The van der Waals surface area contributed by atoms with Crippen LogP contribution in [0.25, 0.3) is 0 Å². The molecule has 0 aromatic rings. The lowest BCUT2D eigenvalue weighted by molar-refractivity contribution is -0.132. The number of guanidine groups is 1. The zero-order valence-electron chi connectivity index (χ0n) is 12.3. The Morgan fingerprint density at radius 2 is 1.95 bits per heavy atom. The highest BCUT2D eigenvalue weighted by atomic mass is 19.4. The van der Waals surface area contributed by atoms with Gasteiger partial charge in [0.05, 0.1) is 6.42 Å². The molecule has 118 valence electrons. The first-order valence-corrected chi connectivity index (χ1v) is 6.72. The van der Waals surface area contributed by atoms with Gasteiger partial charge in [0.1, 0.15) is 0 Å². The van der Waals surface area contributed by atoms with Crippen LogP contribution in [0.2, 0.25) is 0 Å². The number of rotatable bonds is 4. The van der Waals surface area contributed by atoms with Gasteiger partial charge in [-0.25, -0.2) is 0 Å². The Balaban J connectivity index is 2.30. The van der Waals surface area contributed by atoms with Crippen molar-refractivity contribution in [3.05, 3.63) is 0 Å². The maximum atomic E-state index is 12.1. The van der Waals surface area contributed by atoms with E-state index in [1.165, 1.54) is 0 Å². The molecule has 0 aliphatic carbocycles. The Kier molecular flexibility index (Phi) is 6.54. The number of hydrogen-bond donors (Lipinski definition) is 2. The van der Waals surface area contributed by atoms with Gasteiger partial charge in [-0.3, -0.25) is 9.89 Å². The maximum Gasteiger partial charge on any atom is 0.390 e. The minimum atomic E-state index is -4.14. The third-order valence-corrected chi connectivity index (χ3v) is 3.41. The molecule has 0 bridgehead atoms. The lowest BCUT2D eigenvalue weighted by Gasteiger charge is -2.37. The summed E-state index contributed by atoms with van der Waals surface area (Å²) >= 11 is 0. The Labute approximate surface area is 118 Å². The van der Waals surface area contributed by atoms with E-state index in [1.807, 2.05) is 0 Å². The van der Waals surface area contributed by atoms with Crippen LogP contribution in [-0.4, -0.2) is 81.8 Å². The van der Waals surface area contributed by atoms with Crippen LogP contribution in [0.5, 0.6) is 0 Å². The van der Waals surface area contributed by atoms with Gasteiger partial charge in [0.2, 0.25) is 0 Å². The van der Waals surface area contributed by atoms with E-state index >= 15 is 0 Å². The molecule has 1 aliphatic rings. The van der Waals surface area contributed by atoms with Crippen LogP contribution in [0.1, 0.15) is 6.42 Å². The van der Waals surface area contributed by atoms with E-state index in [-0.39, 0.29) is 6.54 Å². The zero-order valence-corrected chi connectivity index (χ0v) is 12.3. The number of nitrogens with zero attached hydrogens (tertiary/aromatic N) is 3. The molecule has 0 aromatic heterocycles. The van der Waals surface area contributed by atoms with Crippen molar-refractivity contribution >= 4 is 5.96 Å². The summed E-state index contributed by atoms with van der Waals surface area (Å²) in [6.07, 6.45) is -5.00. The van der Waals surface area contributed by atoms with Gasteiger partial charge in [0.15, 0.2) is 5.96 Å². The quantitative estimate of drug-likeness (QED) is 0.580. The van der Waals surface area contributed by atoms with E-state index in [0.717, 1.165) is 19.6 Å². The van der Waals surface area contributed by atoms with Crippen LogP contribution in [-0.2, 0) is 0 Å². The second-order valence-corrected chi connectivity index (χ2v) is 5.14. The van der Waals surface area contributed by atoms with Gasteiger partial charge in [0.25, 0.3) is 0 Å². The summed E-state index contributed by atoms with van der Waals surface area (Å²) in [4.78, 5) is 8.42. The highest BCUT2D eigenvalue weighted by Gasteiger charge is 2.26. The predicted molar refractivity (Wildman–Crippen MR) is 74.0 cm³/mol. The van der Waals surface area contributed by atoms with Crippen LogP contribution >= 0.6 is 0 Å². The van der Waals surface area contributed by atoms with E-state index in [2.05, 4.69) is 39.5 Å². The molecular weight excluding hydrogens is 271 g/mol. The van der Waals surface area contributed by atoms with Crippen LogP contribution in [0.15, 0.2) is 4.99 Å². The summed E-state index contributed by atoms with van der Waals surface area (Å²) in [6, 6.07) is 0.329. The molecular formula is C12H24F3N5. The monoisotopic (exact) mass is 295 g/mol. The first kappa shape index (κ1) is 17.0. The maximum absolute atomic E-state index is 12.1. The minimum absolute atomic E-state index is 0.163. The molecule has 0 radical (unpaired) electrons. The van der Waals surface area contributed by atoms with Crippen molar-refractivity contribution in [1.82, 2.24) is 20.4 Å². The molecule has 2 N–H and O–H groups in total. The minimum Gasteiger partial charge on any atom is -0.356 e. The predicted octanol–water partition coefficient (Wildman–Crippen LogP) is 0.350. The van der Waals surface area contributed by atoms with Crippen molar-refractivity contribution in [3.8, 4) is 0 Å². The third kappa shape index (κ3) is 6.42. The van der Waals surface area contributed by atoms with E-state index in [9.17, 15) is 13.2 Å². The molecule has 1 unspecified atom stereocenters. The fraction of sp³-hybridized carbons (Fsp3) is 0.917. The molecule has 1 atom stereocenters. The van der Waals surface area contributed by atoms with Crippen molar-refractivity contribution < 1.29 is 13.2 Å². The van der Waals surface area contributed by atoms with E-state index in [0.29, 0.717) is 18.5 Å². The number of hydrogen-bond acceptors (Lipinski definition) is 3. The second-order valence-electron chi connectivity index (χ2n) is 5.14. The average molecular weight is 295 g/mol. The number of halogens is 3. The molecule has 8 heteroatoms. The van der Waals surface area contributed by atoms with Gasteiger partial charge in [0, 0.05) is 45.8 Å². The summed E-state index contributed by atoms with van der Waals surface area (Å²) < 4.78 is 36.2. The van der Waals surface area contributed by atoms with Gasteiger partial charge >= 0.3 is 6.18 Å². The van der Waals surface area contributed by atoms with E-state index < -0.39 is 12.6 Å². The molecule has 0 aromatic carbocycles. The summed E-state index contributed by atoms with van der Waals surface area (Å²) in [5.41, 5.74) is 0. The van der Waals surface area contributed by atoms with Crippen molar-refractivity contribution in [3.63, 3.8) is 0 Å². The van der Waals surface area contributed by atoms with Gasteiger partial charge < -0.3 is 15.5 Å². The van der Waals surface area contributed by atoms with Crippen molar-refractivity contribution in [1.29, 1.82) is 0 Å². The van der Waals surface area contributed by atoms with Crippen LogP contribution < -0.4 is 10.6 Å². The Morgan fingerprint density at radius 3 is 2.55 bits per heavy atom. The van der Waals surface area contributed by atoms with Crippen LogP contribution in [0.3, 0.4) is 0 Å². The number of piperazine rings is 1. The number of aliphatic imine (C=N–C) groups is 1. The number of alkyl halides is 3. The molecule has 1 aliphatic heterocycles. The SMILES string of the molecule is CN=C(NCCC(F)(F)F)NCC1CN(C)CCN1C. The number of likely N-dealkylation sites (N-methyl/N-ethyl adjacent to an activating group) is 2. The lowest BCUT2D eigenvalue weighted by Crippen LogP contribution is -2.55. The summed E-state index contributed by atoms with van der Waals surface area (Å²) in [6.45, 7) is 3.45. The zero-order chi connectivity index (χ0) is 15.2. The normalized spacial score (nSPS) is 22.9. The first-order valence-electron chi connectivity index (χ1n) is 6.72. The molecule has 0 saturated carbocycles. The molecule has 1 fully saturated rings. The largest absolute Gasteiger partial charge is 0.390 e. The van der Waals surface area contributed by atoms with Crippen LogP contribution in [0, 0.1) is 0 Å². The van der Waals surface area contributed by atoms with Crippen molar-refractivity contribution in [2.45, 2.75) is 18.6 Å². The Morgan fingerprint density at radius 1 is 1.25 bits per heavy atom. The fourth-order valence-electron chi connectivity index (χ4n) is 2.08. The standard InChI is InChI=1S/C12H24F3N5/c1-16-11(17-5-4-12(13,14)15)18-8-10-9-19(2)6-7-20(10)3/h10H,4-9H2,1-3H3,(H2,16,17,18). The fourth-order valence-corrected chi connectivity index (χ4v) is 2.08. The number of nitrogens with one attached hydrogen (secondary N) is 2. The molecule has 1 rings (SSSR count). The Hall–Kier alpha value is -1.02. The van der Waals surface area contributed by atoms with E-state index in [1.54, 1.807) is 7.05 Å². The van der Waals surface area contributed by atoms with Crippen molar-refractivity contribution in [2.75, 3.05) is 53.9 Å². The summed E-state index contributed by atoms with van der Waals surface area (Å²) in [7, 11) is 5.68. The molecule has 0 amide bonds. The van der Waals surface area contributed by atoms with Crippen molar-refractivity contribution in [2.24, 2.45) is 4.99 Å². The van der Waals surface area contributed by atoms with Crippen LogP contribution in [0.4, 0.5) is 13.2 Å². The second kappa shape index (κ2) is 7.68. The smallest absolute Gasteiger partial charge is 0.356 e. The molecule has 1 saturated heterocycles. The Bertz CT molecular complexity index is 319. The molecule has 5 nitrogen and oxygen atoms in total. The highest BCUT2D eigenvalue weighted by molar-refractivity contribution is 5.79. The molecule has 20 heavy (non-hydrogen) atoms. The van der Waals surface area contributed by atoms with E-state index in [4.69, 9.17) is 0 Å². The third-order valence-electron chi connectivity index (χ3n) is 3.41. The summed E-state index contributed by atoms with van der Waals surface area (Å²) in [5.74, 6) is 0.413. The van der Waals surface area contributed by atoms with Gasteiger partial charge in [-0.1, -0.05) is 0 Å². The first-order chi connectivity index (χ1) is 9.31. The van der Waals surface area contributed by atoms with Gasteiger partial charge in [-0.15, -0.1) is 0 Å². The van der Waals surface area contributed by atoms with Gasteiger partial charge in [-0.05, 0) is 14.1 Å². The highest BCUT2D eigenvalue weighted by Crippen LogP contribution is 2.18. The summed E-state index contributed by atoms with van der Waals surface area (Å²) in [5, 5.41) is 5.76. The lowest BCUT2D eigenvalue weighted by atomic mass is 10.2.